The van der Waals surface area contributed by atoms with Crippen LogP contribution in [-0.2, 0) is 20.4 Å². The third-order valence-electron chi connectivity index (χ3n) is 3.73. The van der Waals surface area contributed by atoms with Gasteiger partial charge in [0, 0.05) is 12.7 Å². The molecule has 0 aliphatic rings. The minimum atomic E-state index is -4.59. The molecule has 0 fully saturated rings. The number of benzene rings is 2. The van der Waals surface area contributed by atoms with Gasteiger partial charge in [0.05, 0.1) is 15.5 Å². The first kappa shape index (κ1) is 24.2. The molecule has 2 aromatic carbocycles. The number of hydrogen-bond acceptors (Lipinski definition) is 7. The lowest BCUT2D eigenvalue weighted by molar-refractivity contribution is -0.386. The average Bonchev–Trinajstić information content (AvgIpc) is 2.71. The summed E-state index contributed by atoms with van der Waals surface area (Å²) >= 11 is 5.84. The Hall–Kier alpha value is -3.05. The Bertz CT molecular complexity index is 924. The van der Waals surface area contributed by atoms with Crippen molar-refractivity contribution in [2.24, 2.45) is 0 Å². The molecule has 1 unspecified atom stereocenters. The molecular formula is C19H17ClF3NO7. The molecule has 12 heteroatoms. The summed E-state index contributed by atoms with van der Waals surface area (Å²) in [5.41, 5.74) is -1.38. The van der Waals surface area contributed by atoms with E-state index in [1.807, 2.05) is 0 Å². The first-order valence-electron chi connectivity index (χ1n) is 8.77. The van der Waals surface area contributed by atoms with Crippen molar-refractivity contribution in [3.63, 3.8) is 0 Å². The van der Waals surface area contributed by atoms with E-state index in [1.54, 1.807) is 6.92 Å². The topological polar surface area (TPSA) is 97.1 Å². The Morgan fingerprint density at radius 3 is 2.52 bits per heavy atom. The van der Waals surface area contributed by atoms with Crippen LogP contribution in [0.4, 0.5) is 18.9 Å². The van der Waals surface area contributed by atoms with Gasteiger partial charge in [0.25, 0.3) is 0 Å². The minimum absolute atomic E-state index is 0.150. The van der Waals surface area contributed by atoms with Crippen molar-refractivity contribution in [2.75, 3.05) is 20.0 Å². The molecule has 0 N–H and O–H groups in total. The van der Waals surface area contributed by atoms with Crippen molar-refractivity contribution in [1.82, 2.24) is 0 Å². The van der Waals surface area contributed by atoms with Gasteiger partial charge in [0.2, 0.25) is 6.10 Å². The maximum atomic E-state index is 12.8. The molecule has 0 bridgehead atoms. The van der Waals surface area contributed by atoms with Gasteiger partial charge in [0.15, 0.2) is 12.5 Å². The third-order valence-corrected chi connectivity index (χ3v) is 4.03. The van der Waals surface area contributed by atoms with Crippen molar-refractivity contribution < 1.29 is 41.8 Å². The number of esters is 1. The van der Waals surface area contributed by atoms with Gasteiger partial charge < -0.3 is 18.9 Å². The average molecular weight is 464 g/mol. The molecule has 8 nitrogen and oxygen atoms in total. The smallest absolute Gasteiger partial charge is 0.416 e. The number of nitro benzene ring substituents is 1. The lowest BCUT2D eigenvalue weighted by Crippen LogP contribution is -2.36. The van der Waals surface area contributed by atoms with E-state index in [0.29, 0.717) is 6.07 Å². The fourth-order valence-electron chi connectivity index (χ4n) is 2.25. The summed E-state index contributed by atoms with van der Waals surface area (Å²) in [5.74, 6) is -1.34. The number of alkyl halides is 3. The Labute approximate surface area is 179 Å². The highest BCUT2D eigenvalue weighted by atomic mass is 35.5. The highest BCUT2D eigenvalue weighted by Crippen LogP contribution is 2.35. The lowest BCUT2D eigenvalue weighted by Gasteiger charge is -2.19. The Kier molecular flexibility index (Phi) is 8.46. The van der Waals surface area contributed by atoms with Crippen LogP contribution in [-0.4, -0.2) is 37.0 Å². The molecule has 168 valence electrons. The zero-order chi connectivity index (χ0) is 23.0. The number of para-hydroxylation sites is 2. The monoisotopic (exact) mass is 463 g/mol. The van der Waals surface area contributed by atoms with E-state index < -0.39 is 47.8 Å². The quantitative estimate of drug-likeness (QED) is 0.166. The van der Waals surface area contributed by atoms with Crippen LogP contribution in [0.5, 0.6) is 11.5 Å². The van der Waals surface area contributed by atoms with E-state index in [1.165, 1.54) is 24.3 Å². The van der Waals surface area contributed by atoms with Gasteiger partial charge in [-0.25, -0.2) is 4.79 Å². The SMILES string of the molecule is CCOCOC(=O)C(COc1ccc(C(F)(F)F)cc1Cl)Oc1ccccc1[N+](=O)[O-]. The summed E-state index contributed by atoms with van der Waals surface area (Å²) < 4.78 is 58.8. The van der Waals surface area contributed by atoms with E-state index in [9.17, 15) is 28.1 Å². The molecule has 0 spiro atoms. The molecule has 0 aliphatic heterocycles. The summed E-state index contributed by atoms with van der Waals surface area (Å²) in [6, 6.07) is 7.72. The summed E-state index contributed by atoms with van der Waals surface area (Å²) in [4.78, 5) is 22.8. The van der Waals surface area contributed by atoms with Crippen LogP contribution < -0.4 is 9.47 Å². The van der Waals surface area contributed by atoms with Crippen molar-refractivity contribution in [2.45, 2.75) is 19.2 Å². The van der Waals surface area contributed by atoms with Gasteiger partial charge >= 0.3 is 17.8 Å². The Morgan fingerprint density at radius 1 is 1.19 bits per heavy atom. The molecule has 2 rings (SSSR count). The fraction of sp³-hybridized carbons (Fsp3) is 0.316. The van der Waals surface area contributed by atoms with Crippen LogP contribution in [0.15, 0.2) is 42.5 Å². The number of nitro groups is 1. The van der Waals surface area contributed by atoms with Crippen LogP contribution in [0.2, 0.25) is 5.02 Å². The summed E-state index contributed by atoms with van der Waals surface area (Å²) in [6.45, 7) is 0.987. The number of carbonyl (C=O) groups excluding carboxylic acids is 1. The van der Waals surface area contributed by atoms with Gasteiger partial charge in [-0.3, -0.25) is 10.1 Å². The molecule has 0 saturated heterocycles. The van der Waals surface area contributed by atoms with E-state index >= 15 is 0 Å². The van der Waals surface area contributed by atoms with Crippen LogP contribution in [0.1, 0.15) is 12.5 Å². The first-order chi connectivity index (χ1) is 14.6. The fourth-order valence-corrected chi connectivity index (χ4v) is 2.48. The van der Waals surface area contributed by atoms with E-state index in [0.717, 1.165) is 12.1 Å². The highest BCUT2D eigenvalue weighted by molar-refractivity contribution is 6.32. The molecule has 0 amide bonds. The number of rotatable bonds is 10. The predicted molar refractivity (Wildman–Crippen MR) is 102 cm³/mol. The molecule has 0 aromatic heterocycles. The number of ether oxygens (including phenoxy) is 4. The van der Waals surface area contributed by atoms with Crippen LogP contribution in [0.25, 0.3) is 0 Å². The summed E-state index contributed by atoms with van der Waals surface area (Å²) in [5, 5.41) is 10.8. The number of halogens is 4. The Morgan fingerprint density at radius 2 is 1.90 bits per heavy atom. The van der Waals surface area contributed by atoms with Gasteiger partial charge in [-0.15, -0.1) is 0 Å². The van der Waals surface area contributed by atoms with Crippen LogP contribution in [0, 0.1) is 10.1 Å². The second kappa shape index (κ2) is 10.8. The molecular weight excluding hydrogens is 447 g/mol. The number of carbonyl (C=O) groups is 1. The zero-order valence-electron chi connectivity index (χ0n) is 16.1. The highest BCUT2D eigenvalue weighted by Gasteiger charge is 2.31. The van der Waals surface area contributed by atoms with E-state index in [4.69, 9.17) is 30.5 Å². The minimum Gasteiger partial charge on any atom is -0.488 e. The molecule has 0 saturated carbocycles. The van der Waals surface area contributed by atoms with Gasteiger partial charge in [-0.1, -0.05) is 23.7 Å². The van der Waals surface area contributed by atoms with E-state index in [-0.39, 0.29) is 23.1 Å². The van der Waals surface area contributed by atoms with Crippen molar-refractivity contribution in [1.29, 1.82) is 0 Å². The molecule has 0 aliphatic carbocycles. The predicted octanol–water partition coefficient (Wildman–Crippen LogP) is 4.63. The standard InChI is InChI=1S/C19H17ClF3NO7/c1-2-28-11-30-18(25)17(31-16-6-4-3-5-14(16)24(26)27)10-29-15-8-7-12(9-13(15)20)19(21,22)23/h3-9,17H,2,10-11H2,1H3. The van der Waals surface area contributed by atoms with E-state index in [2.05, 4.69) is 0 Å². The maximum absolute atomic E-state index is 12.8. The Balaban J connectivity index is 2.20. The van der Waals surface area contributed by atoms with Gasteiger partial charge in [-0.2, -0.15) is 13.2 Å². The van der Waals surface area contributed by atoms with Crippen molar-refractivity contribution >= 4 is 23.3 Å². The second-order valence-corrected chi connectivity index (χ2v) is 6.27. The third kappa shape index (κ3) is 7.00. The molecule has 2 aromatic rings. The lowest BCUT2D eigenvalue weighted by atomic mass is 10.2. The molecule has 0 radical (unpaired) electrons. The first-order valence-corrected chi connectivity index (χ1v) is 9.15. The number of hydrogen-bond donors (Lipinski definition) is 0. The molecule has 1 atom stereocenters. The maximum Gasteiger partial charge on any atom is 0.416 e. The second-order valence-electron chi connectivity index (χ2n) is 5.86. The molecule has 0 heterocycles. The normalized spacial score (nSPS) is 12.2. The number of nitrogens with zero attached hydrogens (tertiary/aromatic N) is 1. The molecule has 31 heavy (non-hydrogen) atoms. The van der Waals surface area contributed by atoms with Crippen LogP contribution in [0.3, 0.4) is 0 Å². The van der Waals surface area contributed by atoms with Crippen molar-refractivity contribution in [3.05, 3.63) is 63.2 Å². The van der Waals surface area contributed by atoms with Crippen molar-refractivity contribution in [3.8, 4) is 11.5 Å². The zero-order valence-corrected chi connectivity index (χ0v) is 16.8. The summed E-state index contributed by atoms with van der Waals surface area (Å²) in [6.07, 6.45) is -6.09. The van der Waals surface area contributed by atoms with Gasteiger partial charge in [0.1, 0.15) is 12.4 Å². The van der Waals surface area contributed by atoms with Crippen LogP contribution >= 0.6 is 11.6 Å². The summed E-state index contributed by atoms with van der Waals surface area (Å²) in [7, 11) is 0. The largest absolute Gasteiger partial charge is 0.488 e. The van der Waals surface area contributed by atoms with Gasteiger partial charge in [-0.05, 0) is 31.2 Å².